The van der Waals surface area contributed by atoms with Gasteiger partial charge in [0.05, 0.1) is 10.4 Å². The summed E-state index contributed by atoms with van der Waals surface area (Å²) in [5.74, 6) is 0. The molecule has 36 heavy (non-hydrogen) atoms. The van der Waals surface area contributed by atoms with Crippen LogP contribution in [0.2, 0.25) is 0 Å². The number of hydrogen-bond donors (Lipinski definition) is 2. The predicted molar refractivity (Wildman–Crippen MR) is 148 cm³/mol. The first-order valence-electron chi connectivity index (χ1n) is 12.3. The molecule has 0 aliphatic heterocycles. The molecule has 0 amide bonds. The average Bonchev–Trinajstić information content (AvgIpc) is 2.87. The van der Waals surface area contributed by atoms with Gasteiger partial charge in [-0.3, -0.25) is 5.32 Å². The van der Waals surface area contributed by atoms with Crippen LogP contribution in [0.1, 0.15) is 39.8 Å². The molecular formula is C31H34N2O2S. The van der Waals surface area contributed by atoms with Crippen LogP contribution in [-0.2, 0) is 15.6 Å². The molecular weight excluding hydrogens is 464 g/mol. The van der Waals surface area contributed by atoms with E-state index in [2.05, 4.69) is 82.8 Å². The molecule has 0 unspecified atom stereocenters. The average molecular weight is 499 g/mol. The third-order valence-electron chi connectivity index (χ3n) is 6.53. The largest absolute Gasteiger partial charge is 0.300 e. The molecule has 2 N–H and O–H groups in total. The maximum absolute atomic E-state index is 13.1. The van der Waals surface area contributed by atoms with Crippen molar-refractivity contribution in [3.63, 3.8) is 0 Å². The molecule has 4 aromatic carbocycles. The lowest BCUT2D eigenvalue weighted by molar-refractivity contribution is 0.464. The van der Waals surface area contributed by atoms with E-state index in [1.807, 2.05) is 51.1 Å². The zero-order valence-electron chi connectivity index (χ0n) is 21.2. The molecule has 0 aromatic heterocycles. The van der Waals surface area contributed by atoms with Gasteiger partial charge in [0, 0.05) is 6.54 Å². The number of aryl methyl sites for hydroxylation is 3. The van der Waals surface area contributed by atoms with E-state index in [0.717, 1.165) is 33.4 Å². The van der Waals surface area contributed by atoms with Crippen molar-refractivity contribution in [2.24, 2.45) is 0 Å². The Morgan fingerprint density at radius 1 is 0.639 bits per heavy atom. The number of benzene rings is 4. The van der Waals surface area contributed by atoms with Gasteiger partial charge in [-0.2, -0.15) is 0 Å². The lowest BCUT2D eigenvalue weighted by Gasteiger charge is -2.37. The van der Waals surface area contributed by atoms with E-state index in [4.69, 9.17) is 0 Å². The molecule has 0 spiro atoms. The smallest absolute Gasteiger partial charge is 0.241 e. The van der Waals surface area contributed by atoms with Crippen molar-refractivity contribution in [3.8, 4) is 0 Å². The summed E-state index contributed by atoms with van der Waals surface area (Å²) in [6.45, 7) is 6.64. The van der Waals surface area contributed by atoms with Gasteiger partial charge in [-0.15, -0.1) is 0 Å². The van der Waals surface area contributed by atoms with Gasteiger partial charge in [-0.25, -0.2) is 13.1 Å². The number of hydrogen-bond acceptors (Lipinski definition) is 3. The van der Waals surface area contributed by atoms with Crippen LogP contribution < -0.4 is 10.0 Å². The van der Waals surface area contributed by atoms with Crippen LogP contribution in [0.5, 0.6) is 0 Å². The molecule has 0 saturated carbocycles. The molecule has 4 rings (SSSR count). The van der Waals surface area contributed by atoms with E-state index >= 15 is 0 Å². The molecule has 186 valence electrons. The molecule has 4 aromatic rings. The predicted octanol–water partition coefficient (Wildman–Crippen LogP) is 5.86. The summed E-state index contributed by atoms with van der Waals surface area (Å²) in [6.07, 6.45) is 0.636. The third kappa shape index (κ3) is 5.44. The van der Waals surface area contributed by atoms with Crippen molar-refractivity contribution in [1.29, 1.82) is 0 Å². The summed E-state index contributed by atoms with van der Waals surface area (Å²) in [6, 6.07) is 35.0. The van der Waals surface area contributed by atoms with Gasteiger partial charge >= 0.3 is 0 Å². The maximum Gasteiger partial charge on any atom is 0.241 e. The molecule has 0 aliphatic rings. The van der Waals surface area contributed by atoms with E-state index in [0.29, 0.717) is 24.4 Å². The van der Waals surface area contributed by atoms with Crippen molar-refractivity contribution < 1.29 is 8.42 Å². The summed E-state index contributed by atoms with van der Waals surface area (Å²) >= 11 is 0. The first kappa shape index (κ1) is 25.8. The van der Waals surface area contributed by atoms with Crippen molar-refractivity contribution >= 4 is 10.0 Å². The van der Waals surface area contributed by atoms with Crippen molar-refractivity contribution in [1.82, 2.24) is 10.0 Å². The number of sulfonamides is 1. The van der Waals surface area contributed by atoms with E-state index in [-0.39, 0.29) is 0 Å². The van der Waals surface area contributed by atoms with Gasteiger partial charge in [0.2, 0.25) is 10.0 Å². The standard InChI is InChI=1S/C31H34N2O2S/c1-24-22-25(2)30(26(3)23-24)36(34,35)33-21-13-20-32-31(27-14-7-4-8-15-27,28-16-9-5-10-17-28)29-18-11-6-12-19-29/h4-12,14-19,22-23,32-33H,13,20-21H2,1-3H3. The van der Waals surface area contributed by atoms with E-state index in [1.165, 1.54) is 0 Å². The lowest BCUT2D eigenvalue weighted by atomic mass is 9.77. The lowest BCUT2D eigenvalue weighted by Crippen LogP contribution is -2.45. The highest BCUT2D eigenvalue weighted by Crippen LogP contribution is 2.36. The summed E-state index contributed by atoms with van der Waals surface area (Å²) in [5, 5.41) is 3.80. The highest BCUT2D eigenvalue weighted by atomic mass is 32.2. The van der Waals surface area contributed by atoms with Gasteiger partial charge in [0.1, 0.15) is 0 Å². The van der Waals surface area contributed by atoms with Crippen molar-refractivity contribution in [2.45, 2.75) is 37.6 Å². The normalized spacial score (nSPS) is 12.0. The van der Waals surface area contributed by atoms with E-state index in [1.54, 1.807) is 0 Å². The monoisotopic (exact) mass is 498 g/mol. The number of rotatable bonds is 10. The Kier molecular flexibility index (Phi) is 8.04. The quantitative estimate of drug-likeness (QED) is 0.213. The van der Waals surface area contributed by atoms with Crippen LogP contribution in [0.3, 0.4) is 0 Å². The fourth-order valence-electron chi connectivity index (χ4n) is 5.10. The highest BCUT2D eigenvalue weighted by Gasteiger charge is 2.35. The maximum atomic E-state index is 13.1. The van der Waals surface area contributed by atoms with Gasteiger partial charge in [-0.1, -0.05) is 109 Å². The minimum atomic E-state index is -3.59. The first-order valence-corrected chi connectivity index (χ1v) is 13.8. The molecule has 0 radical (unpaired) electrons. The fourth-order valence-corrected chi connectivity index (χ4v) is 6.63. The van der Waals surface area contributed by atoms with Crippen LogP contribution in [0.15, 0.2) is 108 Å². The zero-order valence-corrected chi connectivity index (χ0v) is 22.0. The molecule has 0 bridgehead atoms. The van der Waals surface area contributed by atoms with Gasteiger partial charge in [0.25, 0.3) is 0 Å². The molecule has 4 nitrogen and oxygen atoms in total. The molecule has 0 saturated heterocycles. The Labute approximate surface area is 215 Å². The fraction of sp³-hybridized carbons (Fsp3) is 0.226. The van der Waals surface area contributed by atoms with Crippen LogP contribution in [0.25, 0.3) is 0 Å². The Morgan fingerprint density at radius 2 is 1.06 bits per heavy atom. The molecule has 0 aliphatic carbocycles. The third-order valence-corrected chi connectivity index (χ3v) is 8.30. The Balaban J connectivity index is 1.57. The summed E-state index contributed by atoms with van der Waals surface area (Å²) in [5.41, 5.74) is 5.44. The van der Waals surface area contributed by atoms with Gasteiger partial charge < -0.3 is 0 Å². The highest BCUT2D eigenvalue weighted by molar-refractivity contribution is 7.89. The second kappa shape index (κ2) is 11.2. The summed E-state index contributed by atoms with van der Waals surface area (Å²) in [4.78, 5) is 0.383. The summed E-state index contributed by atoms with van der Waals surface area (Å²) in [7, 11) is -3.59. The number of nitrogens with one attached hydrogen (secondary N) is 2. The Hall–Kier alpha value is -3.25. The second-order valence-electron chi connectivity index (χ2n) is 9.25. The zero-order chi connectivity index (χ0) is 25.6. The van der Waals surface area contributed by atoms with Gasteiger partial charge in [0.15, 0.2) is 0 Å². The summed E-state index contributed by atoms with van der Waals surface area (Å²) < 4.78 is 29.0. The van der Waals surface area contributed by atoms with Crippen LogP contribution in [0.4, 0.5) is 0 Å². The topological polar surface area (TPSA) is 58.2 Å². The van der Waals surface area contributed by atoms with Crippen molar-refractivity contribution in [2.75, 3.05) is 13.1 Å². The first-order chi connectivity index (χ1) is 17.3. The molecule has 5 heteroatoms. The van der Waals surface area contributed by atoms with Crippen LogP contribution >= 0.6 is 0 Å². The minimum Gasteiger partial charge on any atom is -0.300 e. The van der Waals surface area contributed by atoms with Gasteiger partial charge in [-0.05, 0) is 61.6 Å². The van der Waals surface area contributed by atoms with E-state index in [9.17, 15) is 8.42 Å². The van der Waals surface area contributed by atoms with Crippen LogP contribution in [-0.4, -0.2) is 21.5 Å². The van der Waals surface area contributed by atoms with Crippen molar-refractivity contribution in [3.05, 3.63) is 137 Å². The van der Waals surface area contributed by atoms with E-state index < -0.39 is 15.6 Å². The Bertz CT molecular complexity index is 1270. The second-order valence-corrected chi connectivity index (χ2v) is 11.0. The molecule has 0 fully saturated rings. The van der Waals surface area contributed by atoms with Crippen LogP contribution in [0, 0.1) is 20.8 Å². The SMILES string of the molecule is Cc1cc(C)c(S(=O)(=O)NCCCNC(c2ccccc2)(c2ccccc2)c2ccccc2)c(C)c1. The minimum absolute atomic E-state index is 0.344. The molecule has 0 atom stereocenters. The molecule has 0 heterocycles. The Morgan fingerprint density at radius 3 is 1.47 bits per heavy atom.